The third-order valence-corrected chi connectivity index (χ3v) is 5.55. The molecule has 3 aromatic rings. The lowest BCUT2D eigenvalue weighted by Crippen LogP contribution is -1.98. The quantitative estimate of drug-likeness (QED) is 0.432. The third kappa shape index (κ3) is 3.22. The SMILES string of the molecule is Cc1c(Br)cccc1C(Br)Cc1ccc2ccccc2c1. The normalized spacial score (nSPS) is 12.5. The van der Waals surface area contributed by atoms with E-state index in [1.54, 1.807) is 0 Å². The Hall–Kier alpha value is -1.12. The van der Waals surface area contributed by atoms with Crippen LogP contribution < -0.4 is 0 Å². The molecule has 106 valence electrons. The van der Waals surface area contributed by atoms with Gasteiger partial charge in [0.05, 0.1) is 0 Å². The average molecular weight is 404 g/mol. The van der Waals surface area contributed by atoms with Crippen molar-refractivity contribution in [3.63, 3.8) is 0 Å². The summed E-state index contributed by atoms with van der Waals surface area (Å²) in [7, 11) is 0. The van der Waals surface area contributed by atoms with Crippen LogP contribution in [0.2, 0.25) is 0 Å². The second kappa shape index (κ2) is 6.33. The molecule has 0 N–H and O–H groups in total. The Labute approximate surface area is 142 Å². The van der Waals surface area contributed by atoms with E-state index in [4.69, 9.17) is 0 Å². The highest BCUT2D eigenvalue weighted by Crippen LogP contribution is 2.33. The highest BCUT2D eigenvalue weighted by atomic mass is 79.9. The maximum absolute atomic E-state index is 3.85. The summed E-state index contributed by atoms with van der Waals surface area (Å²) in [5.74, 6) is 0. The minimum absolute atomic E-state index is 0.330. The van der Waals surface area contributed by atoms with Crippen molar-refractivity contribution in [3.8, 4) is 0 Å². The molecule has 0 fully saturated rings. The first-order valence-corrected chi connectivity index (χ1v) is 8.73. The fraction of sp³-hybridized carbons (Fsp3) is 0.158. The molecule has 0 amide bonds. The zero-order valence-electron chi connectivity index (χ0n) is 11.8. The maximum atomic E-state index is 3.85. The second-order valence-corrected chi connectivity index (χ2v) is 7.27. The maximum Gasteiger partial charge on any atom is 0.0438 e. The van der Waals surface area contributed by atoms with Crippen LogP contribution in [0.3, 0.4) is 0 Å². The van der Waals surface area contributed by atoms with Gasteiger partial charge >= 0.3 is 0 Å². The van der Waals surface area contributed by atoms with Gasteiger partial charge in [0.1, 0.15) is 0 Å². The fourth-order valence-corrected chi connectivity index (χ4v) is 3.90. The molecular formula is C19H16Br2. The van der Waals surface area contributed by atoms with Gasteiger partial charge in [-0.05, 0) is 46.9 Å². The summed E-state index contributed by atoms with van der Waals surface area (Å²) in [6.45, 7) is 2.16. The first-order valence-electron chi connectivity index (χ1n) is 7.02. The van der Waals surface area contributed by atoms with E-state index in [0.29, 0.717) is 4.83 Å². The Bertz CT molecular complexity index is 777. The molecule has 0 aliphatic heterocycles. The van der Waals surface area contributed by atoms with E-state index in [-0.39, 0.29) is 0 Å². The van der Waals surface area contributed by atoms with Crippen LogP contribution in [0, 0.1) is 6.92 Å². The Morgan fingerprint density at radius 1 is 0.905 bits per heavy atom. The smallest absolute Gasteiger partial charge is 0.0438 e. The lowest BCUT2D eigenvalue weighted by Gasteiger charge is -2.15. The number of alkyl halides is 1. The van der Waals surface area contributed by atoms with Crippen molar-refractivity contribution in [2.45, 2.75) is 18.2 Å². The topological polar surface area (TPSA) is 0 Å². The van der Waals surface area contributed by atoms with Gasteiger partial charge in [-0.1, -0.05) is 86.5 Å². The molecule has 0 nitrogen and oxygen atoms in total. The molecule has 0 aliphatic rings. The summed E-state index contributed by atoms with van der Waals surface area (Å²) in [6, 6.07) is 21.6. The molecule has 1 unspecified atom stereocenters. The van der Waals surface area contributed by atoms with Crippen LogP contribution in [-0.4, -0.2) is 0 Å². The molecule has 0 heterocycles. The monoisotopic (exact) mass is 402 g/mol. The lowest BCUT2D eigenvalue weighted by atomic mass is 9.99. The molecule has 1 atom stereocenters. The van der Waals surface area contributed by atoms with Crippen LogP contribution >= 0.6 is 31.9 Å². The molecule has 0 saturated heterocycles. The third-order valence-electron chi connectivity index (χ3n) is 3.88. The van der Waals surface area contributed by atoms with E-state index < -0.39 is 0 Å². The van der Waals surface area contributed by atoms with Crippen molar-refractivity contribution in [1.82, 2.24) is 0 Å². The predicted molar refractivity (Wildman–Crippen MR) is 98.2 cm³/mol. The van der Waals surface area contributed by atoms with Crippen molar-refractivity contribution in [3.05, 3.63) is 81.8 Å². The number of halogens is 2. The van der Waals surface area contributed by atoms with Gasteiger partial charge in [0.2, 0.25) is 0 Å². The largest absolute Gasteiger partial charge is 0.0835 e. The molecule has 3 rings (SSSR count). The van der Waals surface area contributed by atoms with E-state index in [9.17, 15) is 0 Å². The van der Waals surface area contributed by atoms with Gasteiger partial charge in [-0.2, -0.15) is 0 Å². The van der Waals surface area contributed by atoms with Gasteiger partial charge in [0.15, 0.2) is 0 Å². The van der Waals surface area contributed by atoms with Crippen molar-refractivity contribution >= 4 is 42.6 Å². The lowest BCUT2D eigenvalue weighted by molar-refractivity contribution is 0.938. The summed E-state index contributed by atoms with van der Waals surface area (Å²) in [5, 5.41) is 2.60. The van der Waals surface area contributed by atoms with Gasteiger partial charge in [0, 0.05) is 9.30 Å². The van der Waals surface area contributed by atoms with Gasteiger partial charge in [-0.25, -0.2) is 0 Å². The zero-order valence-corrected chi connectivity index (χ0v) is 15.0. The highest BCUT2D eigenvalue weighted by molar-refractivity contribution is 9.10. The van der Waals surface area contributed by atoms with Crippen molar-refractivity contribution in [2.75, 3.05) is 0 Å². The Morgan fingerprint density at radius 2 is 1.67 bits per heavy atom. The van der Waals surface area contributed by atoms with E-state index in [1.165, 1.54) is 31.9 Å². The first kappa shape index (κ1) is 14.8. The molecule has 0 radical (unpaired) electrons. The number of hydrogen-bond donors (Lipinski definition) is 0. The molecule has 0 aliphatic carbocycles. The van der Waals surface area contributed by atoms with Crippen LogP contribution in [0.25, 0.3) is 10.8 Å². The molecule has 21 heavy (non-hydrogen) atoms. The predicted octanol–water partition coefficient (Wildman–Crippen LogP) is 6.59. The summed E-state index contributed by atoms with van der Waals surface area (Å²) in [6.07, 6.45) is 0.988. The standard InChI is InChI=1S/C19H16Br2/c1-13-17(7-4-8-18(13)20)19(21)12-14-9-10-15-5-2-3-6-16(15)11-14/h2-11,19H,12H2,1H3. The minimum Gasteiger partial charge on any atom is -0.0835 e. The van der Waals surface area contributed by atoms with Crippen LogP contribution in [0.5, 0.6) is 0 Å². The van der Waals surface area contributed by atoms with Gasteiger partial charge in [0.25, 0.3) is 0 Å². The Kier molecular flexibility index (Phi) is 4.46. The summed E-state index contributed by atoms with van der Waals surface area (Å²) in [5.41, 5.74) is 4.01. The number of hydrogen-bond acceptors (Lipinski definition) is 0. The molecule has 0 saturated carbocycles. The minimum atomic E-state index is 0.330. The average Bonchev–Trinajstić information content (AvgIpc) is 2.50. The molecule has 2 heteroatoms. The molecular weight excluding hydrogens is 388 g/mol. The van der Waals surface area contributed by atoms with Crippen molar-refractivity contribution in [2.24, 2.45) is 0 Å². The van der Waals surface area contributed by atoms with E-state index in [2.05, 4.69) is 99.4 Å². The van der Waals surface area contributed by atoms with Crippen molar-refractivity contribution in [1.29, 1.82) is 0 Å². The van der Waals surface area contributed by atoms with E-state index in [0.717, 1.165) is 6.42 Å². The Morgan fingerprint density at radius 3 is 2.48 bits per heavy atom. The number of benzene rings is 3. The first-order chi connectivity index (χ1) is 10.1. The fourth-order valence-electron chi connectivity index (χ4n) is 2.65. The van der Waals surface area contributed by atoms with Gasteiger partial charge < -0.3 is 0 Å². The number of fused-ring (bicyclic) bond motifs is 1. The summed E-state index contributed by atoms with van der Waals surface area (Å²) < 4.78 is 1.17. The highest BCUT2D eigenvalue weighted by Gasteiger charge is 2.12. The molecule has 3 aromatic carbocycles. The summed E-state index contributed by atoms with van der Waals surface area (Å²) in [4.78, 5) is 0.330. The van der Waals surface area contributed by atoms with Crippen LogP contribution in [-0.2, 0) is 6.42 Å². The molecule has 0 bridgehead atoms. The van der Waals surface area contributed by atoms with Gasteiger partial charge in [-0.3, -0.25) is 0 Å². The van der Waals surface area contributed by atoms with E-state index in [1.807, 2.05) is 0 Å². The van der Waals surface area contributed by atoms with Crippen molar-refractivity contribution < 1.29 is 0 Å². The number of rotatable bonds is 3. The van der Waals surface area contributed by atoms with Crippen LogP contribution in [0.1, 0.15) is 21.5 Å². The second-order valence-electron chi connectivity index (χ2n) is 5.31. The van der Waals surface area contributed by atoms with Crippen LogP contribution in [0.4, 0.5) is 0 Å². The molecule has 0 aromatic heterocycles. The summed E-state index contributed by atoms with van der Waals surface area (Å²) >= 11 is 7.46. The van der Waals surface area contributed by atoms with Crippen LogP contribution in [0.15, 0.2) is 65.1 Å². The Balaban J connectivity index is 1.89. The van der Waals surface area contributed by atoms with E-state index >= 15 is 0 Å². The zero-order chi connectivity index (χ0) is 14.8. The van der Waals surface area contributed by atoms with Gasteiger partial charge in [-0.15, -0.1) is 0 Å². The molecule has 0 spiro atoms.